The zero-order valence-corrected chi connectivity index (χ0v) is 14.2. The lowest BCUT2D eigenvalue weighted by Crippen LogP contribution is -2.12. The number of rotatable bonds is 6. The predicted octanol–water partition coefficient (Wildman–Crippen LogP) is 2.72. The van der Waals surface area contributed by atoms with Crippen molar-refractivity contribution in [3.63, 3.8) is 0 Å². The number of nitrogens with one attached hydrogen (secondary N) is 2. The van der Waals surface area contributed by atoms with Crippen LogP contribution < -0.4 is 10.1 Å². The Balaban J connectivity index is 1.58. The lowest BCUT2D eigenvalue weighted by atomic mass is 10.1. The number of nitrogens with zero attached hydrogens (tertiary/aromatic N) is 3. The van der Waals surface area contributed by atoms with Crippen LogP contribution in [0.5, 0.6) is 5.75 Å². The van der Waals surface area contributed by atoms with Gasteiger partial charge in [-0.1, -0.05) is 12.1 Å². The van der Waals surface area contributed by atoms with Crippen molar-refractivity contribution in [2.45, 2.75) is 12.8 Å². The van der Waals surface area contributed by atoms with E-state index in [1.165, 1.54) is 12.3 Å². The molecule has 1 amide bonds. The van der Waals surface area contributed by atoms with Gasteiger partial charge >= 0.3 is 0 Å². The van der Waals surface area contributed by atoms with Crippen LogP contribution in [0.25, 0.3) is 0 Å². The minimum Gasteiger partial charge on any atom is -0.497 e. The molecule has 2 aromatic heterocycles. The van der Waals surface area contributed by atoms with Crippen LogP contribution in [0.1, 0.15) is 27.3 Å². The number of aromatic nitrogens is 3. The third-order valence-corrected chi connectivity index (χ3v) is 3.82. The van der Waals surface area contributed by atoms with Crippen LogP contribution in [-0.2, 0) is 12.8 Å². The van der Waals surface area contributed by atoms with Gasteiger partial charge in [0.15, 0.2) is 0 Å². The van der Waals surface area contributed by atoms with Crippen LogP contribution in [0.3, 0.4) is 0 Å². The van der Waals surface area contributed by atoms with E-state index in [0.29, 0.717) is 11.4 Å². The van der Waals surface area contributed by atoms with Crippen LogP contribution in [0.15, 0.2) is 48.7 Å². The van der Waals surface area contributed by atoms with Crippen molar-refractivity contribution in [1.29, 1.82) is 5.26 Å². The molecule has 0 radical (unpaired) electrons. The summed E-state index contributed by atoms with van der Waals surface area (Å²) in [5.74, 6) is 1.03. The highest BCUT2D eigenvalue weighted by Gasteiger charge is 2.09. The van der Waals surface area contributed by atoms with E-state index in [9.17, 15) is 4.79 Å². The summed E-state index contributed by atoms with van der Waals surface area (Å²) in [6.07, 6.45) is 2.92. The van der Waals surface area contributed by atoms with Crippen LogP contribution in [-0.4, -0.2) is 28.2 Å². The average molecular weight is 347 g/mol. The Labute approximate surface area is 150 Å². The molecule has 0 aliphatic rings. The Bertz CT molecular complexity index is 941. The smallest absolute Gasteiger partial charge is 0.258 e. The van der Waals surface area contributed by atoms with E-state index in [0.717, 1.165) is 29.8 Å². The highest BCUT2D eigenvalue weighted by atomic mass is 16.5. The summed E-state index contributed by atoms with van der Waals surface area (Å²) in [4.78, 5) is 16.1. The number of aromatic amines is 1. The predicted molar refractivity (Wildman–Crippen MR) is 95.9 cm³/mol. The van der Waals surface area contributed by atoms with Crippen molar-refractivity contribution in [1.82, 2.24) is 15.2 Å². The number of carbonyl (C=O) groups excluding carboxylic acids is 1. The highest BCUT2D eigenvalue weighted by molar-refractivity contribution is 6.03. The van der Waals surface area contributed by atoms with Gasteiger partial charge in [-0.3, -0.25) is 9.89 Å². The molecule has 0 saturated heterocycles. The monoisotopic (exact) mass is 347 g/mol. The fourth-order valence-electron chi connectivity index (χ4n) is 2.44. The van der Waals surface area contributed by atoms with Gasteiger partial charge in [0.2, 0.25) is 0 Å². The zero-order valence-electron chi connectivity index (χ0n) is 14.2. The summed E-state index contributed by atoms with van der Waals surface area (Å²) < 4.78 is 5.22. The van der Waals surface area contributed by atoms with Gasteiger partial charge in [-0.15, -0.1) is 0 Å². The highest BCUT2D eigenvalue weighted by Crippen LogP contribution is 2.15. The summed E-state index contributed by atoms with van der Waals surface area (Å²) in [6, 6.07) is 14.7. The molecule has 7 heteroatoms. The molecule has 2 heterocycles. The minimum absolute atomic E-state index is 0.267. The second-order valence-electron chi connectivity index (χ2n) is 5.62. The summed E-state index contributed by atoms with van der Waals surface area (Å²) in [7, 11) is 1.64. The first-order valence-corrected chi connectivity index (χ1v) is 8.02. The number of anilines is 1. The van der Waals surface area contributed by atoms with Crippen molar-refractivity contribution < 1.29 is 9.53 Å². The molecule has 0 spiro atoms. The molecule has 1 aromatic carbocycles. The fraction of sp³-hybridized carbons (Fsp3) is 0.158. The molecule has 0 fully saturated rings. The molecule has 3 rings (SSSR count). The first kappa shape index (κ1) is 17.2. The minimum atomic E-state index is -0.315. The standard InChI is InChI=1S/C19H17N5O2/c1-26-17-4-2-3-13(9-17)5-7-15-10-18(24-23-15)22-19(25)14-6-8-16(11-20)21-12-14/h2-4,6,8-10,12H,5,7H2,1H3,(H2,22,23,24,25). The first-order chi connectivity index (χ1) is 12.7. The SMILES string of the molecule is COc1cccc(CCc2cc(NC(=O)c3ccc(C#N)nc3)[nH]n2)c1. The second kappa shape index (κ2) is 7.94. The second-order valence-corrected chi connectivity index (χ2v) is 5.62. The summed E-state index contributed by atoms with van der Waals surface area (Å²) in [6.45, 7) is 0. The summed E-state index contributed by atoms with van der Waals surface area (Å²) in [5.41, 5.74) is 2.64. The fourth-order valence-corrected chi connectivity index (χ4v) is 2.44. The summed E-state index contributed by atoms with van der Waals surface area (Å²) in [5, 5.41) is 18.5. The lowest BCUT2D eigenvalue weighted by Gasteiger charge is -2.03. The molecule has 0 aliphatic heterocycles. The van der Waals surface area contributed by atoms with Gasteiger partial charge in [-0.25, -0.2) is 4.98 Å². The summed E-state index contributed by atoms with van der Waals surface area (Å²) >= 11 is 0. The molecule has 0 aliphatic carbocycles. The van der Waals surface area contributed by atoms with Crippen molar-refractivity contribution >= 4 is 11.7 Å². The van der Waals surface area contributed by atoms with Crippen molar-refractivity contribution in [2.24, 2.45) is 0 Å². The van der Waals surface area contributed by atoms with Crippen LogP contribution in [0.2, 0.25) is 0 Å². The van der Waals surface area contributed by atoms with Gasteiger partial charge < -0.3 is 10.1 Å². The van der Waals surface area contributed by atoms with Gasteiger partial charge in [-0.2, -0.15) is 10.4 Å². The first-order valence-electron chi connectivity index (χ1n) is 8.02. The number of benzene rings is 1. The van der Waals surface area contributed by atoms with Crippen molar-refractivity contribution in [3.8, 4) is 11.8 Å². The molecule has 0 atom stereocenters. The number of pyridine rings is 1. The van der Waals surface area contributed by atoms with Gasteiger partial charge in [0, 0.05) is 12.3 Å². The van der Waals surface area contributed by atoms with Gasteiger partial charge in [0.05, 0.1) is 18.4 Å². The van der Waals surface area contributed by atoms with Crippen molar-refractivity contribution in [3.05, 3.63) is 71.2 Å². The maximum absolute atomic E-state index is 12.2. The Kier molecular flexibility index (Phi) is 5.25. The number of hydrogen-bond donors (Lipinski definition) is 2. The topological polar surface area (TPSA) is 104 Å². The van der Waals surface area contributed by atoms with Gasteiger partial charge in [0.25, 0.3) is 5.91 Å². The molecule has 0 bridgehead atoms. The Hall–Kier alpha value is -3.66. The Morgan fingerprint density at radius 3 is 2.88 bits per heavy atom. The molecule has 2 N–H and O–H groups in total. The quantitative estimate of drug-likeness (QED) is 0.713. The van der Waals surface area contributed by atoms with E-state index in [-0.39, 0.29) is 11.6 Å². The molecule has 0 unspecified atom stereocenters. The normalized spacial score (nSPS) is 10.2. The number of methoxy groups -OCH3 is 1. The van der Waals surface area contributed by atoms with Crippen LogP contribution in [0, 0.1) is 11.3 Å². The molecule has 0 saturated carbocycles. The molecule has 7 nitrogen and oxygen atoms in total. The number of amides is 1. The number of carbonyl (C=O) groups is 1. The Morgan fingerprint density at radius 2 is 2.15 bits per heavy atom. The maximum Gasteiger partial charge on any atom is 0.258 e. The van der Waals surface area contributed by atoms with E-state index in [1.807, 2.05) is 30.3 Å². The van der Waals surface area contributed by atoms with E-state index in [1.54, 1.807) is 19.2 Å². The van der Waals surface area contributed by atoms with Gasteiger partial charge in [-0.05, 0) is 42.7 Å². The average Bonchev–Trinajstić information content (AvgIpc) is 3.14. The molecule has 130 valence electrons. The van der Waals surface area contributed by atoms with Gasteiger partial charge in [0.1, 0.15) is 23.3 Å². The van der Waals surface area contributed by atoms with Crippen LogP contribution in [0.4, 0.5) is 5.82 Å². The van der Waals surface area contributed by atoms with Crippen LogP contribution >= 0.6 is 0 Å². The number of H-pyrrole nitrogens is 1. The maximum atomic E-state index is 12.2. The number of aryl methyl sites for hydroxylation is 2. The van der Waals surface area contributed by atoms with E-state index in [4.69, 9.17) is 10.00 Å². The molecule has 3 aromatic rings. The van der Waals surface area contributed by atoms with E-state index < -0.39 is 0 Å². The molecular weight excluding hydrogens is 330 g/mol. The van der Waals surface area contributed by atoms with Crippen molar-refractivity contribution in [2.75, 3.05) is 12.4 Å². The Morgan fingerprint density at radius 1 is 1.27 bits per heavy atom. The third-order valence-electron chi connectivity index (χ3n) is 3.82. The molecule has 26 heavy (non-hydrogen) atoms. The lowest BCUT2D eigenvalue weighted by molar-refractivity contribution is 0.102. The van der Waals surface area contributed by atoms with E-state index in [2.05, 4.69) is 20.5 Å². The number of hydrogen-bond acceptors (Lipinski definition) is 5. The third kappa shape index (κ3) is 4.24. The van der Waals surface area contributed by atoms with E-state index >= 15 is 0 Å². The zero-order chi connectivity index (χ0) is 18.4. The largest absolute Gasteiger partial charge is 0.497 e. The number of nitriles is 1. The molecular formula is C19H17N5O2. The number of ether oxygens (including phenoxy) is 1.